The van der Waals surface area contributed by atoms with Crippen LogP contribution in [-0.2, 0) is 16.7 Å². The van der Waals surface area contributed by atoms with Gasteiger partial charge in [-0.15, -0.1) is 0 Å². The number of carbonyl (C=O) groups is 2. The molecular formula is C22H20N2O5S. The van der Waals surface area contributed by atoms with Crippen molar-refractivity contribution in [2.24, 2.45) is 0 Å². The van der Waals surface area contributed by atoms with Gasteiger partial charge in [-0.05, 0) is 42.0 Å². The molecule has 0 aliphatic heterocycles. The topological polar surface area (TPSA) is 102 Å². The maximum Gasteiger partial charge on any atom is 0.339 e. The van der Waals surface area contributed by atoms with Gasteiger partial charge >= 0.3 is 10.1 Å². The first-order valence-corrected chi connectivity index (χ1v) is 10.5. The Morgan fingerprint density at radius 2 is 1.47 bits per heavy atom. The largest absolute Gasteiger partial charge is 0.378 e. The SMILES string of the molecule is CNC(=O)c1ccc(S(=O)(=O)Oc2ccccc2C(=O)NCc2ccccc2)cc1. The first-order valence-electron chi connectivity index (χ1n) is 9.08. The van der Waals surface area contributed by atoms with Crippen LogP contribution in [0.3, 0.4) is 0 Å². The predicted octanol–water partition coefficient (Wildman–Crippen LogP) is 2.74. The molecule has 0 saturated heterocycles. The normalized spacial score (nSPS) is 10.8. The van der Waals surface area contributed by atoms with Crippen molar-refractivity contribution in [1.82, 2.24) is 10.6 Å². The number of carbonyl (C=O) groups excluding carboxylic acids is 2. The first kappa shape index (κ1) is 21.1. The highest BCUT2D eigenvalue weighted by molar-refractivity contribution is 7.87. The lowest BCUT2D eigenvalue weighted by Gasteiger charge is -2.12. The molecule has 0 unspecified atom stereocenters. The van der Waals surface area contributed by atoms with Crippen molar-refractivity contribution in [2.45, 2.75) is 11.4 Å². The fourth-order valence-electron chi connectivity index (χ4n) is 2.68. The van der Waals surface area contributed by atoms with Crippen LogP contribution in [0, 0.1) is 0 Å². The Morgan fingerprint density at radius 1 is 0.833 bits per heavy atom. The van der Waals surface area contributed by atoms with Crippen molar-refractivity contribution in [2.75, 3.05) is 7.05 Å². The zero-order chi connectivity index (χ0) is 21.6. The van der Waals surface area contributed by atoms with Crippen LogP contribution in [-0.4, -0.2) is 27.3 Å². The van der Waals surface area contributed by atoms with Crippen molar-refractivity contribution in [3.05, 3.63) is 95.6 Å². The van der Waals surface area contributed by atoms with Crippen molar-refractivity contribution in [3.8, 4) is 5.75 Å². The monoisotopic (exact) mass is 424 g/mol. The van der Waals surface area contributed by atoms with E-state index in [-0.39, 0.29) is 22.1 Å². The molecule has 0 fully saturated rings. The molecule has 2 N–H and O–H groups in total. The van der Waals surface area contributed by atoms with Gasteiger partial charge in [0.1, 0.15) is 4.90 Å². The van der Waals surface area contributed by atoms with Crippen LogP contribution in [0.15, 0.2) is 83.8 Å². The van der Waals surface area contributed by atoms with E-state index in [0.717, 1.165) is 5.56 Å². The molecule has 0 aliphatic rings. The molecule has 30 heavy (non-hydrogen) atoms. The van der Waals surface area contributed by atoms with Crippen molar-refractivity contribution in [1.29, 1.82) is 0 Å². The molecule has 0 aromatic heterocycles. The predicted molar refractivity (Wildman–Crippen MR) is 112 cm³/mol. The first-order chi connectivity index (χ1) is 14.4. The highest BCUT2D eigenvalue weighted by Gasteiger charge is 2.21. The van der Waals surface area contributed by atoms with Gasteiger partial charge in [0.05, 0.1) is 5.56 Å². The average Bonchev–Trinajstić information content (AvgIpc) is 2.78. The number of para-hydroxylation sites is 1. The summed E-state index contributed by atoms with van der Waals surface area (Å²) in [4.78, 5) is 24.1. The van der Waals surface area contributed by atoms with Crippen molar-refractivity contribution < 1.29 is 22.2 Å². The molecule has 0 aliphatic carbocycles. The van der Waals surface area contributed by atoms with Crippen LogP contribution in [0.25, 0.3) is 0 Å². The molecule has 8 heteroatoms. The van der Waals surface area contributed by atoms with Crippen LogP contribution in [0.5, 0.6) is 5.75 Å². The molecule has 3 rings (SSSR count). The second-order valence-electron chi connectivity index (χ2n) is 6.31. The summed E-state index contributed by atoms with van der Waals surface area (Å²) in [7, 11) is -2.72. The molecule has 3 aromatic rings. The van der Waals surface area contributed by atoms with Gasteiger partial charge in [0, 0.05) is 19.2 Å². The average molecular weight is 424 g/mol. The van der Waals surface area contributed by atoms with Crippen LogP contribution in [0.1, 0.15) is 26.3 Å². The minimum atomic E-state index is -4.20. The van der Waals surface area contributed by atoms with Gasteiger partial charge in [-0.3, -0.25) is 9.59 Å². The Morgan fingerprint density at radius 3 is 2.13 bits per heavy atom. The number of nitrogens with one attached hydrogen (secondary N) is 2. The van der Waals surface area contributed by atoms with Gasteiger partial charge in [0.15, 0.2) is 5.75 Å². The van der Waals surface area contributed by atoms with Crippen LogP contribution in [0.2, 0.25) is 0 Å². The maximum absolute atomic E-state index is 12.7. The Balaban J connectivity index is 1.78. The van der Waals surface area contributed by atoms with Crippen molar-refractivity contribution in [3.63, 3.8) is 0 Å². The standard InChI is InChI=1S/C22H20N2O5S/c1-23-21(25)17-11-13-18(14-12-17)30(27,28)29-20-10-6-5-9-19(20)22(26)24-15-16-7-3-2-4-8-16/h2-14H,15H2,1H3,(H,23,25)(H,24,26). The highest BCUT2D eigenvalue weighted by atomic mass is 32.2. The van der Waals surface area contributed by atoms with E-state index in [0.29, 0.717) is 12.1 Å². The third kappa shape index (κ3) is 5.03. The van der Waals surface area contributed by atoms with Gasteiger partial charge in [0.2, 0.25) is 0 Å². The van der Waals surface area contributed by atoms with Crippen molar-refractivity contribution >= 4 is 21.9 Å². The van der Waals surface area contributed by atoms with E-state index in [4.69, 9.17) is 4.18 Å². The van der Waals surface area contributed by atoms with Crippen LogP contribution in [0.4, 0.5) is 0 Å². The molecule has 3 aromatic carbocycles. The summed E-state index contributed by atoms with van der Waals surface area (Å²) in [6.45, 7) is 0.293. The number of amides is 2. The molecule has 0 radical (unpaired) electrons. The molecular weight excluding hydrogens is 404 g/mol. The molecule has 2 amide bonds. The second kappa shape index (κ2) is 9.23. The number of hydrogen-bond acceptors (Lipinski definition) is 5. The smallest absolute Gasteiger partial charge is 0.339 e. The molecule has 0 atom stereocenters. The summed E-state index contributed by atoms with van der Waals surface area (Å²) in [6.07, 6.45) is 0. The van der Waals surface area contributed by atoms with E-state index in [2.05, 4.69) is 10.6 Å². The quantitative estimate of drug-likeness (QED) is 0.568. The lowest BCUT2D eigenvalue weighted by Crippen LogP contribution is -2.24. The summed E-state index contributed by atoms with van der Waals surface area (Å²) < 4.78 is 30.5. The summed E-state index contributed by atoms with van der Waals surface area (Å²) >= 11 is 0. The van der Waals surface area contributed by atoms with E-state index >= 15 is 0 Å². The zero-order valence-electron chi connectivity index (χ0n) is 16.2. The number of hydrogen-bond donors (Lipinski definition) is 2. The zero-order valence-corrected chi connectivity index (χ0v) is 17.0. The Kier molecular flexibility index (Phi) is 6.48. The maximum atomic E-state index is 12.7. The molecule has 7 nitrogen and oxygen atoms in total. The molecule has 0 saturated carbocycles. The minimum absolute atomic E-state index is 0.0848. The third-order valence-electron chi connectivity index (χ3n) is 4.26. The number of rotatable bonds is 7. The summed E-state index contributed by atoms with van der Waals surface area (Å²) in [5, 5.41) is 5.21. The molecule has 0 spiro atoms. The fourth-order valence-corrected chi connectivity index (χ4v) is 3.63. The van der Waals surface area contributed by atoms with Crippen LogP contribution >= 0.6 is 0 Å². The summed E-state index contributed by atoms with van der Waals surface area (Å²) in [5.74, 6) is -0.877. The number of benzene rings is 3. The van der Waals surface area contributed by atoms with Gasteiger partial charge in [-0.25, -0.2) is 0 Å². The van der Waals surface area contributed by atoms with Gasteiger partial charge in [-0.2, -0.15) is 8.42 Å². The second-order valence-corrected chi connectivity index (χ2v) is 7.85. The van der Waals surface area contributed by atoms with E-state index in [1.54, 1.807) is 12.1 Å². The minimum Gasteiger partial charge on any atom is -0.378 e. The highest BCUT2D eigenvalue weighted by Crippen LogP contribution is 2.23. The Bertz CT molecular complexity index is 1140. The van der Waals surface area contributed by atoms with E-state index in [1.165, 1.54) is 43.4 Å². The summed E-state index contributed by atoms with van der Waals surface area (Å²) in [5.41, 5.74) is 1.32. The van der Waals surface area contributed by atoms with Gasteiger partial charge in [-0.1, -0.05) is 42.5 Å². The van der Waals surface area contributed by atoms with Gasteiger partial charge in [0.25, 0.3) is 11.8 Å². The third-order valence-corrected chi connectivity index (χ3v) is 5.51. The van der Waals surface area contributed by atoms with E-state index in [1.807, 2.05) is 30.3 Å². The summed E-state index contributed by atoms with van der Waals surface area (Å²) in [6, 6.07) is 20.8. The lowest BCUT2D eigenvalue weighted by molar-refractivity contribution is 0.0945. The molecule has 0 heterocycles. The van der Waals surface area contributed by atoms with E-state index in [9.17, 15) is 18.0 Å². The molecule has 154 valence electrons. The fraction of sp³-hybridized carbons (Fsp3) is 0.0909. The van der Waals surface area contributed by atoms with E-state index < -0.39 is 16.0 Å². The van der Waals surface area contributed by atoms with Gasteiger partial charge < -0.3 is 14.8 Å². The van der Waals surface area contributed by atoms with Crippen LogP contribution < -0.4 is 14.8 Å². The lowest BCUT2D eigenvalue weighted by atomic mass is 10.1. The Hall–Kier alpha value is -3.65. The Labute approximate surface area is 174 Å². The molecule has 0 bridgehead atoms.